The predicted octanol–water partition coefficient (Wildman–Crippen LogP) is 9.12. The molecule has 11 rings (SSSR count). The van der Waals surface area contributed by atoms with Crippen molar-refractivity contribution in [3.63, 3.8) is 0 Å². The maximum Gasteiger partial charge on any atom is 0.297 e. The van der Waals surface area contributed by atoms with Gasteiger partial charge in [-0.3, -0.25) is 19.8 Å². The Hall–Kier alpha value is -6.02. The van der Waals surface area contributed by atoms with Gasteiger partial charge in [-0.25, -0.2) is 17.5 Å². The molecular formula is C53H62FN7O10S. The summed E-state index contributed by atoms with van der Waals surface area (Å²) < 4.78 is 69.4. The second kappa shape index (κ2) is 18.8. The Balaban J connectivity index is 0.846. The van der Waals surface area contributed by atoms with Crippen molar-refractivity contribution in [2.45, 2.75) is 126 Å². The maximum atomic E-state index is 15.1. The number of anilines is 2. The largest absolute Gasteiger partial charge is 0.489 e. The molecule has 72 heavy (non-hydrogen) atoms. The van der Waals surface area contributed by atoms with E-state index in [1.807, 2.05) is 0 Å². The number of nitrogens with zero attached hydrogens (tertiary/aromatic N) is 4. The van der Waals surface area contributed by atoms with Crippen molar-refractivity contribution in [2.75, 3.05) is 49.7 Å². The number of hydrogen-bond donors (Lipinski definition) is 4. The van der Waals surface area contributed by atoms with Gasteiger partial charge >= 0.3 is 0 Å². The fourth-order valence-corrected chi connectivity index (χ4v) is 13.1. The van der Waals surface area contributed by atoms with Gasteiger partial charge in [-0.05, 0) is 118 Å². The molecule has 0 radical (unpaired) electrons. The molecule has 6 heterocycles. The zero-order valence-electron chi connectivity index (χ0n) is 40.8. The van der Waals surface area contributed by atoms with Crippen molar-refractivity contribution in [1.82, 2.24) is 19.6 Å². The predicted molar refractivity (Wildman–Crippen MR) is 267 cm³/mol. The Kier molecular flexibility index (Phi) is 12.6. The minimum Gasteiger partial charge on any atom is -0.489 e. The zero-order chi connectivity index (χ0) is 50.1. The SMILES string of the molecule is CC(C)c1ccccc1[C@H]1CCCN1C1CC2(CCN(c3ccc(C(=O)NS(=O)(=O)c4cc5c(c([N+](=O)[O-])c4)N[C@@H]([C@H]4CC[C@](C)(O)CC4)CO5)c(Oc4cc5c(F)c[nH]c5nc4OC4COC4)c3)CC2)C1. The van der Waals surface area contributed by atoms with Crippen molar-refractivity contribution in [2.24, 2.45) is 11.3 Å². The second-order valence-corrected chi connectivity index (χ2v) is 23.2. The van der Waals surface area contributed by atoms with E-state index in [0.717, 1.165) is 63.1 Å². The first-order valence-corrected chi connectivity index (χ1v) is 26.9. The number of halogens is 1. The first-order chi connectivity index (χ1) is 34.5. The molecule has 0 bridgehead atoms. The lowest BCUT2D eigenvalue weighted by atomic mass is 9.59. The molecule has 5 aromatic rings. The van der Waals surface area contributed by atoms with Crippen LogP contribution in [0.15, 0.2) is 71.8 Å². The Morgan fingerprint density at radius 1 is 1.00 bits per heavy atom. The van der Waals surface area contributed by atoms with Crippen LogP contribution >= 0.6 is 0 Å². The topological polar surface area (TPSA) is 211 Å². The lowest BCUT2D eigenvalue weighted by Crippen LogP contribution is -2.54. The zero-order valence-corrected chi connectivity index (χ0v) is 41.6. The average molecular weight is 1010 g/mol. The van der Waals surface area contributed by atoms with Gasteiger partial charge in [0.1, 0.15) is 29.9 Å². The number of nitrogens with one attached hydrogen (secondary N) is 3. The molecule has 17 nitrogen and oxygen atoms in total. The minimum atomic E-state index is -4.77. The van der Waals surface area contributed by atoms with E-state index in [4.69, 9.17) is 18.9 Å². The molecule has 1 spiro atoms. The summed E-state index contributed by atoms with van der Waals surface area (Å²) >= 11 is 0. The number of aromatic amines is 1. The molecule has 3 saturated heterocycles. The number of hydrogen-bond acceptors (Lipinski definition) is 14. The number of amides is 1. The number of rotatable bonds is 13. The van der Waals surface area contributed by atoms with E-state index in [9.17, 15) is 28.4 Å². The van der Waals surface area contributed by atoms with Crippen molar-refractivity contribution in [3.05, 3.63) is 99.5 Å². The number of carbonyl (C=O) groups excluding carboxylic acids is 1. The Morgan fingerprint density at radius 3 is 2.49 bits per heavy atom. The number of piperidine rings is 1. The third-order valence-electron chi connectivity index (χ3n) is 16.3. The van der Waals surface area contributed by atoms with Crippen molar-refractivity contribution in [3.8, 4) is 23.1 Å². The lowest BCUT2D eigenvalue weighted by molar-refractivity contribution is -0.384. The molecule has 382 valence electrons. The molecule has 0 unspecified atom stereocenters. The molecular weight excluding hydrogens is 946 g/mol. The number of H-pyrrole nitrogens is 1. The third kappa shape index (κ3) is 9.32. The van der Waals surface area contributed by atoms with Crippen LogP contribution in [0.1, 0.15) is 118 Å². The highest BCUT2D eigenvalue weighted by atomic mass is 32.2. The van der Waals surface area contributed by atoms with Crippen molar-refractivity contribution in [1.29, 1.82) is 0 Å². The summed E-state index contributed by atoms with van der Waals surface area (Å²) in [7, 11) is -4.77. The number of pyridine rings is 1. The molecule has 6 aliphatic rings. The van der Waals surface area contributed by atoms with Gasteiger partial charge in [0.15, 0.2) is 17.2 Å². The monoisotopic (exact) mass is 1010 g/mol. The number of benzene rings is 3. The average Bonchev–Trinajstić information content (AvgIpc) is 3.97. The molecule has 5 fully saturated rings. The Labute approximate surface area is 418 Å². The van der Waals surface area contributed by atoms with Crippen LogP contribution < -0.4 is 29.1 Å². The second-order valence-electron chi connectivity index (χ2n) is 21.5. The van der Waals surface area contributed by atoms with Gasteiger partial charge in [0.2, 0.25) is 0 Å². The highest BCUT2D eigenvalue weighted by molar-refractivity contribution is 7.90. The van der Waals surface area contributed by atoms with E-state index in [1.165, 1.54) is 42.3 Å². The van der Waals surface area contributed by atoms with Gasteiger partial charge in [-0.15, -0.1) is 0 Å². The number of ether oxygens (including phenoxy) is 4. The number of nitro groups is 1. The van der Waals surface area contributed by atoms with Crippen molar-refractivity contribution < 1.29 is 46.6 Å². The van der Waals surface area contributed by atoms with Gasteiger partial charge in [0.25, 0.3) is 27.5 Å². The van der Waals surface area contributed by atoms with Crippen LogP contribution in [0.2, 0.25) is 0 Å². The van der Waals surface area contributed by atoms with Crippen molar-refractivity contribution >= 4 is 44.0 Å². The van der Waals surface area contributed by atoms with E-state index in [1.54, 1.807) is 19.1 Å². The van der Waals surface area contributed by atoms with E-state index in [-0.39, 0.29) is 75.5 Å². The van der Waals surface area contributed by atoms with Crippen LogP contribution in [0.5, 0.6) is 23.1 Å². The summed E-state index contributed by atoms with van der Waals surface area (Å²) in [5.74, 6) is -1.20. The number of fused-ring (bicyclic) bond motifs is 2. The van der Waals surface area contributed by atoms with Crippen LogP contribution in [-0.2, 0) is 14.8 Å². The van der Waals surface area contributed by atoms with Crippen LogP contribution in [0.4, 0.5) is 21.5 Å². The minimum absolute atomic E-state index is 0.0110. The molecule has 3 aromatic carbocycles. The maximum absolute atomic E-state index is 15.1. The first-order valence-electron chi connectivity index (χ1n) is 25.4. The molecule has 2 aromatic heterocycles. The number of aliphatic hydroxyl groups is 1. The molecule has 2 atom stereocenters. The summed E-state index contributed by atoms with van der Waals surface area (Å²) in [5, 5.41) is 26.3. The standard InChI is InChI=1S/C53H62FN7O10S/c1-31(2)37-7-4-5-8-38(37)43-9-6-18-60(43)34-25-53(26-34)16-19-59(20-17-53)33-10-11-39(45(21-33)71-47-24-40-41(54)27-55-49(40)57-51(47)70-35-28-68-29-35)50(62)58-72(66,67)36-22-44(61(64)65)48-46(23-36)69-30-42(56-48)32-12-14-52(3,63)15-13-32/h4-5,7-8,10-11,21-24,27,31-32,34-35,42-43,56,63H,6,9,12-20,25-26,28-30H2,1-3H3,(H,55,57)(H,58,62)/t32-,42-,43-,52-/m1/s1. The third-order valence-corrected chi connectivity index (χ3v) is 17.7. The summed E-state index contributed by atoms with van der Waals surface area (Å²) in [6, 6.07) is 18.0. The number of sulfonamides is 1. The fraction of sp³-hybridized carbons (Fsp3) is 0.509. The molecule has 2 saturated carbocycles. The number of likely N-dealkylation sites (tertiary alicyclic amines) is 1. The van der Waals surface area contributed by atoms with Gasteiger partial charge in [0.05, 0.1) is 45.6 Å². The van der Waals surface area contributed by atoms with Crippen LogP contribution in [0.25, 0.3) is 11.0 Å². The summed E-state index contributed by atoms with van der Waals surface area (Å²) in [6.45, 7) is 9.68. The molecule has 2 aliphatic carbocycles. The van der Waals surface area contributed by atoms with E-state index < -0.39 is 42.9 Å². The summed E-state index contributed by atoms with van der Waals surface area (Å²) in [4.78, 5) is 37.9. The quantitative estimate of drug-likeness (QED) is 0.0641. The Bertz CT molecular complexity index is 3010. The first kappa shape index (κ1) is 48.3. The Morgan fingerprint density at radius 2 is 1.76 bits per heavy atom. The summed E-state index contributed by atoms with van der Waals surface area (Å²) in [5.41, 5.74) is 2.65. The molecule has 1 amide bonds. The van der Waals surface area contributed by atoms with Gasteiger partial charge < -0.3 is 39.3 Å². The number of nitro benzene ring substituents is 1. The van der Waals surface area contributed by atoms with Crippen LogP contribution in [0, 0.1) is 27.3 Å². The normalized spacial score (nSPS) is 24.5. The number of aromatic nitrogens is 2. The highest BCUT2D eigenvalue weighted by Gasteiger charge is 2.50. The van der Waals surface area contributed by atoms with E-state index in [2.05, 4.69) is 67.9 Å². The van der Waals surface area contributed by atoms with Crippen LogP contribution in [0.3, 0.4) is 0 Å². The van der Waals surface area contributed by atoms with Gasteiger partial charge in [-0.1, -0.05) is 38.1 Å². The molecule has 4 aliphatic heterocycles. The van der Waals surface area contributed by atoms with Gasteiger partial charge in [0, 0.05) is 61.3 Å². The lowest BCUT2D eigenvalue weighted by Gasteiger charge is -2.56. The van der Waals surface area contributed by atoms with Crippen LogP contribution in [-0.4, -0.2) is 102 Å². The smallest absolute Gasteiger partial charge is 0.297 e. The van der Waals surface area contributed by atoms with Gasteiger partial charge in [-0.2, -0.15) is 4.98 Å². The fourth-order valence-electron chi connectivity index (χ4n) is 12.1. The summed E-state index contributed by atoms with van der Waals surface area (Å²) in [6.07, 6.45) is 9.96. The highest BCUT2D eigenvalue weighted by Crippen LogP contribution is 2.55. The van der Waals surface area contributed by atoms with E-state index in [0.29, 0.717) is 56.9 Å². The molecule has 19 heteroatoms. The van der Waals surface area contributed by atoms with E-state index >= 15 is 4.39 Å². The molecule has 4 N–H and O–H groups in total. The number of carbonyl (C=O) groups is 1.